The molecule has 2 amide bonds. The van der Waals surface area contributed by atoms with Crippen LogP contribution in [0.3, 0.4) is 0 Å². The number of amides is 2. The minimum atomic E-state index is -1.18. The molecule has 0 radical (unpaired) electrons. The fourth-order valence-corrected chi connectivity index (χ4v) is 2.18. The largest absolute Gasteiger partial charge is 0.479 e. The molecule has 1 fully saturated rings. The van der Waals surface area contributed by atoms with E-state index in [0.29, 0.717) is 25.3 Å². The van der Waals surface area contributed by atoms with Crippen LogP contribution in [0.2, 0.25) is 0 Å². The van der Waals surface area contributed by atoms with Gasteiger partial charge >= 0.3 is 5.97 Å². The summed E-state index contributed by atoms with van der Waals surface area (Å²) >= 11 is 0. The second-order valence-corrected chi connectivity index (χ2v) is 6.72. The fraction of sp³-hybridized carbons (Fsp3) is 0.812. The standard InChI is InChI=1S/C16H28N2O6/c1-9(2)4-5-11(14(20)17-7-6-10(3)8-19)18-15(21)12-13(24-12)16(22)23/h9-13,19H,4-8H2,1-3H3,(H,17,20)(H,18,21)(H,22,23)/t10-,11+,12+,13+/m1/s1. The Morgan fingerprint density at radius 2 is 1.75 bits per heavy atom. The molecule has 24 heavy (non-hydrogen) atoms. The molecule has 138 valence electrons. The van der Waals surface area contributed by atoms with Crippen molar-refractivity contribution < 1.29 is 29.3 Å². The molecule has 0 aromatic rings. The lowest BCUT2D eigenvalue weighted by molar-refractivity contribution is -0.138. The SMILES string of the molecule is CC(C)CC[C@H](NC(=O)[C@H]1O[C@@H]1C(=O)O)C(=O)NCC[C@@H](C)CO. The van der Waals surface area contributed by atoms with Gasteiger partial charge in [-0.3, -0.25) is 9.59 Å². The lowest BCUT2D eigenvalue weighted by atomic mass is 10.0. The van der Waals surface area contributed by atoms with Gasteiger partial charge in [-0.15, -0.1) is 0 Å². The molecule has 1 heterocycles. The van der Waals surface area contributed by atoms with Gasteiger partial charge in [0.15, 0.2) is 12.2 Å². The first-order valence-electron chi connectivity index (χ1n) is 8.33. The first-order valence-corrected chi connectivity index (χ1v) is 8.33. The van der Waals surface area contributed by atoms with E-state index in [1.54, 1.807) is 0 Å². The van der Waals surface area contributed by atoms with Gasteiger partial charge in [-0.1, -0.05) is 20.8 Å². The number of epoxide rings is 1. The molecule has 0 aliphatic carbocycles. The van der Waals surface area contributed by atoms with Crippen molar-refractivity contribution in [1.29, 1.82) is 0 Å². The Morgan fingerprint density at radius 1 is 1.08 bits per heavy atom. The van der Waals surface area contributed by atoms with Gasteiger partial charge in [-0.2, -0.15) is 0 Å². The number of carbonyl (C=O) groups excluding carboxylic acids is 2. The topological polar surface area (TPSA) is 128 Å². The lowest BCUT2D eigenvalue weighted by Crippen LogP contribution is -2.48. The first kappa shape index (κ1) is 20.4. The molecule has 1 saturated heterocycles. The second kappa shape index (κ2) is 9.58. The molecule has 1 rings (SSSR count). The van der Waals surface area contributed by atoms with Crippen molar-refractivity contribution >= 4 is 17.8 Å². The predicted octanol–water partition coefficient (Wildman–Crippen LogP) is -0.106. The smallest absolute Gasteiger partial charge is 0.336 e. The van der Waals surface area contributed by atoms with Gasteiger partial charge in [0, 0.05) is 13.2 Å². The van der Waals surface area contributed by atoms with Crippen molar-refractivity contribution in [2.45, 2.75) is 58.3 Å². The van der Waals surface area contributed by atoms with E-state index in [4.69, 9.17) is 14.9 Å². The number of aliphatic hydroxyl groups is 1. The Balaban J connectivity index is 2.51. The van der Waals surface area contributed by atoms with E-state index in [1.807, 2.05) is 20.8 Å². The van der Waals surface area contributed by atoms with Gasteiger partial charge in [0.05, 0.1) is 0 Å². The molecule has 0 aromatic heterocycles. The van der Waals surface area contributed by atoms with Gasteiger partial charge in [0.2, 0.25) is 5.91 Å². The third kappa shape index (κ3) is 6.84. The van der Waals surface area contributed by atoms with Gasteiger partial charge in [0.1, 0.15) is 6.04 Å². The molecule has 8 heteroatoms. The van der Waals surface area contributed by atoms with E-state index in [9.17, 15) is 14.4 Å². The molecule has 8 nitrogen and oxygen atoms in total. The highest BCUT2D eigenvalue weighted by Crippen LogP contribution is 2.22. The van der Waals surface area contributed by atoms with Crippen molar-refractivity contribution in [3.8, 4) is 0 Å². The highest BCUT2D eigenvalue weighted by atomic mass is 16.6. The van der Waals surface area contributed by atoms with Crippen LogP contribution in [-0.4, -0.2) is 59.4 Å². The zero-order chi connectivity index (χ0) is 18.3. The monoisotopic (exact) mass is 344 g/mol. The number of carboxylic acid groups (broad SMARTS) is 1. The molecule has 0 saturated carbocycles. The molecule has 4 N–H and O–H groups in total. The summed E-state index contributed by atoms with van der Waals surface area (Å²) in [6.07, 6.45) is -0.287. The third-order valence-electron chi connectivity index (χ3n) is 3.91. The van der Waals surface area contributed by atoms with Crippen molar-refractivity contribution in [2.24, 2.45) is 11.8 Å². The molecule has 0 unspecified atom stereocenters. The Kier molecular flexibility index (Phi) is 8.14. The summed E-state index contributed by atoms with van der Waals surface area (Å²) in [4.78, 5) is 35.0. The highest BCUT2D eigenvalue weighted by molar-refractivity contribution is 5.95. The summed E-state index contributed by atoms with van der Waals surface area (Å²) in [5, 5.41) is 23.1. The van der Waals surface area contributed by atoms with Crippen LogP contribution in [-0.2, 0) is 19.1 Å². The maximum absolute atomic E-state index is 12.3. The van der Waals surface area contributed by atoms with Crippen LogP contribution >= 0.6 is 0 Å². The van der Waals surface area contributed by atoms with Crippen LogP contribution in [0.15, 0.2) is 0 Å². The van der Waals surface area contributed by atoms with Gasteiger partial charge in [0.25, 0.3) is 5.91 Å². The third-order valence-corrected chi connectivity index (χ3v) is 3.91. The summed E-state index contributed by atoms with van der Waals surface area (Å²) in [6, 6.07) is -0.719. The average molecular weight is 344 g/mol. The summed E-state index contributed by atoms with van der Waals surface area (Å²) < 4.78 is 4.80. The maximum Gasteiger partial charge on any atom is 0.336 e. The van der Waals surface area contributed by atoms with Crippen LogP contribution in [0, 0.1) is 11.8 Å². The van der Waals surface area contributed by atoms with Crippen molar-refractivity contribution in [3.63, 3.8) is 0 Å². The Labute approximate surface area is 141 Å². The molecular weight excluding hydrogens is 316 g/mol. The Bertz CT molecular complexity index is 454. The van der Waals surface area contributed by atoms with Crippen LogP contribution in [0.25, 0.3) is 0 Å². The van der Waals surface area contributed by atoms with E-state index in [1.165, 1.54) is 0 Å². The van der Waals surface area contributed by atoms with E-state index < -0.39 is 30.1 Å². The fourth-order valence-electron chi connectivity index (χ4n) is 2.18. The predicted molar refractivity (Wildman–Crippen MR) is 86.2 cm³/mol. The highest BCUT2D eigenvalue weighted by Gasteiger charge is 2.51. The van der Waals surface area contributed by atoms with E-state index in [-0.39, 0.29) is 18.4 Å². The number of carboxylic acids is 1. The number of aliphatic carboxylic acids is 1. The summed E-state index contributed by atoms with van der Waals surface area (Å²) in [7, 11) is 0. The van der Waals surface area contributed by atoms with Crippen LogP contribution < -0.4 is 10.6 Å². The number of rotatable bonds is 11. The van der Waals surface area contributed by atoms with E-state index >= 15 is 0 Å². The quantitative estimate of drug-likeness (QED) is 0.387. The van der Waals surface area contributed by atoms with E-state index in [0.717, 1.165) is 6.42 Å². The summed E-state index contributed by atoms with van der Waals surface area (Å²) in [6.45, 7) is 6.38. The van der Waals surface area contributed by atoms with Crippen LogP contribution in [0.5, 0.6) is 0 Å². The lowest BCUT2D eigenvalue weighted by Gasteiger charge is -2.19. The number of aliphatic hydroxyl groups excluding tert-OH is 1. The molecule has 1 aliphatic heterocycles. The normalized spacial score (nSPS) is 21.9. The van der Waals surface area contributed by atoms with Crippen molar-refractivity contribution in [1.82, 2.24) is 10.6 Å². The number of hydrogen-bond donors (Lipinski definition) is 4. The van der Waals surface area contributed by atoms with Gasteiger partial charge in [-0.05, 0) is 31.1 Å². The molecular formula is C16H28N2O6. The van der Waals surface area contributed by atoms with Crippen molar-refractivity contribution in [3.05, 3.63) is 0 Å². The summed E-state index contributed by atoms with van der Waals surface area (Å²) in [5.74, 6) is -1.60. The molecule has 0 bridgehead atoms. The first-order chi connectivity index (χ1) is 11.3. The summed E-state index contributed by atoms with van der Waals surface area (Å²) in [5.41, 5.74) is 0. The zero-order valence-corrected chi connectivity index (χ0v) is 14.4. The number of carbonyl (C=O) groups is 3. The zero-order valence-electron chi connectivity index (χ0n) is 14.4. The Morgan fingerprint density at radius 3 is 2.25 bits per heavy atom. The number of ether oxygens (including phenoxy) is 1. The molecule has 0 spiro atoms. The van der Waals surface area contributed by atoms with Gasteiger partial charge in [-0.25, -0.2) is 4.79 Å². The maximum atomic E-state index is 12.3. The minimum absolute atomic E-state index is 0.0545. The number of hydrogen-bond acceptors (Lipinski definition) is 5. The minimum Gasteiger partial charge on any atom is -0.479 e. The molecule has 4 atom stereocenters. The van der Waals surface area contributed by atoms with Crippen LogP contribution in [0.1, 0.15) is 40.0 Å². The van der Waals surface area contributed by atoms with Crippen molar-refractivity contribution in [2.75, 3.05) is 13.2 Å². The van der Waals surface area contributed by atoms with Gasteiger partial charge < -0.3 is 25.6 Å². The number of nitrogens with one attached hydrogen (secondary N) is 2. The van der Waals surface area contributed by atoms with E-state index in [2.05, 4.69) is 10.6 Å². The second-order valence-electron chi connectivity index (χ2n) is 6.72. The molecule has 1 aliphatic rings. The van der Waals surface area contributed by atoms with Crippen LogP contribution in [0.4, 0.5) is 0 Å². The average Bonchev–Trinajstić information content (AvgIpc) is 3.31. The molecule has 0 aromatic carbocycles. The Hall–Kier alpha value is -1.67.